The molecule has 0 aliphatic rings. The van der Waals surface area contributed by atoms with Crippen molar-refractivity contribution >= 4 is 22.9 Å². The number of thiazole rings is 1. The van der Waals surface area contributed by atoms with Gasteiger partial charge >= 0.3 is 0 Å². The fourth-order valence-electron chi connectivity index (χ4n) is 2.40. The molecule has 1 unspecified atom stereocenters. The van der Waals surface area contributed by atoms with Gasteiger partial charge in [-0.3, -0.25) is 4.98 Å². The third-order valence-corrected chi connectivity index (χ3v) is 4.60. The van der Waals surface area contributed by atoms with Crippen LogP contribution in [0.25, 0.3) is 0 Å². The van der Waals surface area contributed by atoms with Gasteiger partial charge in [-0.15, -0.1) is 11.3 Å². The number of rotatable bonds is 8. The predicted octanol–water partition coefficient (Wildman–Crippen LogP) is 4.44. The lowest BCUT2D eigenvalue weighted by Gasteiger charge is -2.18. The zero-order valence-electron chi connectivity index (χ0n) is 12.7. The largest absolute Gasteiger partial charge is 0.316 e. The Morgan fingerprint density at radius 1 is 1.19 bits per heavy atom. The minimum absolute atomic E-state index is 0.545. The fraction of sp³-hybridized carbons (Fsp3) is 0.471. The van der Waals surface area contributed by atoms with Gasteiger partial charge in [0.1, 0.15) is 0 Å². The molecule has 0 spiro atoms. The molecule has 1 aromatic heterocycles. The molecule has 1 heterocycles. The van der Waals surface area contributed by atoms with E-state index in [1.165, 1.54) is 10.4 Å². The lowest BCUT2D eigenvalue weighted by Crippen LogP contribution is -2.28. The second-order valence-corrected chi connectivity index (χ2v) is 7.26. The highest BCUT2D eigenvalue weighted by Gasteiger charge is 2.13. The molecule has 114 valence electrons. The van der Waals surface area contributed by atoms with Crippen molar-refractivity contribution in [2.75, 3.05) is 13.1 Å². The van der Waals surface area contributed by atoms with Crippen molar-refractivity contribution in [2.45, 2.75) is 26.7 Å². The van der Waals surface area contributed by atoms with Crippen molar-refractivity contribution < 1.29 is 0 Å². The molecule has 2 aromatic rings. The summed E-state index contributed by atoms with van der Waals surface area (Å²) in [5.74, 6) is 1.22. The van der Waals surface area contributed by atoms with Crippen LogP contribution in [0.1, 0.15) is 24.3 Å². The van der Waals surface area contributed by atoms with Crippen molar-refractivity contribution in [3.05, 3.63) is 51.4 Å². The van der Waals surface area contributed by atoms with Crippen LogP contribution in [0.4, 0.5) is 0 Å². The molecule has 0 aliphatic heterocycles. The lowest BCUT2D eigenvalue weighted by atomic mass is 9.95. The second-order valence-electron chi connectivity index (χ2n) is 5.89. The van der Waals surface area contributed by atoms with Crippen LogP contribution >= 0.6 is 22.9 Å². The van der Waals surface area contributed by atoms with Crippen LogP contribution in [0.15, 0.2) is 36.0 Å². The Balaban J connectivity index is 1.98. The first-order valence-electron chi connectivity index (χ1n) is 7.46. The Hall–Kier alpha value is -0.900. The number of hydrogen-bond donors (Lipinski definition) is 1. The number of benzene rings is 1. The van der Waals surface area contributed by atoms with Gasteiger partial charge in [-0.25, -0.2) is 0 Å². The predicted molar refractivity (Wildman–Crippen MR) is 92.2 cm³/mol. The number of aromatic nitrogens is 1. The highest BCUT2D eigenvalue weighted by molar-refractivity contribution is 7.09. The van der Waals surface area contributed by atoms with Crippen LogP contribution in [0, 0.1) is 11.8 Å². The average molecular weight is 323 g/mol. The maximum atomic E-state index is 6.30. The lowest BCUT2D eigenvalue weighted by molar-refractivity contribution is 0.447. The molecule has 0 aliphatic carbocycles. The average Bonchev–Trinajstić information content (AvgIpc) is 2.93. The topological polar surface area (TPSA) is 24.9 Å². The third kappa shape index (κ3) is 5.77. The van der Waals surface area contributed by atoms with Gasteiger partial charge in [-0.05, 0) is 49.4 Å². The van der Waals surface area contributed by atoms with Crippen molar-refractivity contribution in [1.29, 1.82) is 0 Å². The van der Waals surface area contributed by atoms with Crippen molar-refractivity contribution in [3.8, 4) is 0 Å². The second kappa shape index (κ2) is 8.52. The molecule has 1 aromatic carbocycles. The number of halogens is 1. The minimum Gasteiger partial charge on any atom is -0.316 e. The molecule has 21 heavy (non-hydrogen) atoms. The number of hydrogen-bond acceptors (Lipinski definition) is 3. The first kappa shape index (κ1) is 16.5. The van der Waals surface area contributed by atoms with E-state index in [2.05, 4.69) is 36.3 Å². The van der Waals surface area contributed by atoms with Crippen LogP contribution in [-0.4, -0.2) is 18.1 Å². The zero-order valence-corrected chi connectivity index (χ0v) is 14.3. The van der Waals surface area contributed by atoms with Crippen LogP contribution in [0.2, 0.25) is 5.02 Å². The summed E-state index contributed by atoms with van der Waals surface area (Å²) in [5, 5.41) is 4.45. The zero-order chi connectivity index (χ0) is 15.1. The summed E-state index contributed by atoms with van der Waals surface area (Å²) in [6, 6.07) is 8.15. The maximum absolute atomic E-state index is 6.30. The molecule has 0 radical (unpaired) electrons. The molecule has 0 saturated heterocycles. The summed E-state index contributed by atoms with van der Waals surface area (Å²) < 4.78 is 0. The van der Waals surface area contributed by atoms with Gasteiger partial charge < -0.3 is 5.32 Å². The van der Waals surface area contributed by atoms with E-state index in [1.807, 2.05) is 23.8 Å². The van der Waals surface area contributed by atoms with E-state index in [0.717, 1.165) is 31.0 Å². The Kier molecular flexibility index (Phi) is 6.68. The third-order valence-electron chi connectivity index (χ3n) is 3.43. The first-order valence-corrected chi connectivity index (χ1v) is 8.72. The first-order chi connectivity index (χ1) is 10.1. The number of nitrogens with zero attached hydrogens (tertiary/aromatic N) is 1. The van der Waals surface area contributed by atoms with Crippen LogP contribution < -0.4 is 5.32 Å². The molecule has 1 N–H and O–H groups in total. The molecule has 1 atom stereocenters. The van der Waals surface area contributed by atoms with E-state index in [1.54, 1.807) is 11.3 Å². The number of nitrogens with one attached hydrogen (secondary N) is 1. The Morgan fingerprint density at radius 2 is 2.00 bits per heavy atom. The maximum Gasteiger partial charge on any atom is 0.0794 e. The van der Waals surface area contributed by atoms with Gasteiger partial charge in [0.15, 0.2) is 0 Å². The van der Waals surface area contributed by atoms with Crippen molar-refractivity contribution in [1.82, 2.24) is 10.3 Å². The Morgan fingerprint density at radius 3 is 2.67 bits per heavy atom. The fourth-order valence-corrected chi connectivity index (χ4v) is 3.32. The van der Waals surface area contributed by atoms with Gasteiger partial charge in [0, 0.05) is 16.1 Å². The molecule has 0 saturated carbocycles. The minimum atomic E-state index is 0.545. The quantitative estimate of drug-likeness (QED) is 0.777. The van der Waals surface area contributed by atoms with Crippen LogP contribution in [-0.2, 0) is 12.8 Å². The van der Waals surface area contributed by atoms with Gasteiger partial charge in [-0.2, -0.15) is 0 Å². The monoisotopic (exact) mass is 322 g/mol. The summed E-state index contributed by atoms with van der Waals surface area (Å²) in [6.45, 7) is 6.54. The van der Waals surface area contributed by atoms with Crippen LogP contribution in [0.5, 0.6) is 0 Å². The highest BCUT2D eigenvalue weighted by Crippen LogP contribution is 2.22. The molecule has 2 nitrogen and oxygen atoms in total. The molecular weight excluding hydrogens is 300 g/mol. The standard InChI is InChI=1S/C17H23ClN2S/c1-13(2)9-19-10-14(8-16-11-20-12-21-16)7-15-5-3-4-6-17(15)18/h3-6,11-14,19H,7-10H2,1-2H3. The van der Waals surface area contributed by atoms with E-state index in [4.69, 9.17) is 11.6 Å². The van der Waals surface area contributed by atoms with E-state index in [-0.39, 0.29) is 0 Å². The summed E-state index contributed by atoms with van der Waals surface area (Å²) in [7, 11) is 0. The summed E-state index contributed by atoms with van der Waals surface area (Å²) in [6.07, 6.45) is 4.04. The van der Waals surface area contributed by atoms with Gasteiger partial charge in [-0.1, -0.05) is 43.6 Å². The van der Waals surface area contributed by atoms with Gasteiger partial charge in [0.2, 0.25) is 0 Å². The van der Waals surface area contributed by atoms with Crippen molar-refractivity contribution in [2.24, 2.45) is 11.8 Å². The molecule has 0 bridgehead atoms. The van der Waals surface area contributed by atoms with Crippen molar-refractivity contribution in [3.63, 3.8) is 0 Å². The molecule has 2 rings (SSSR count). The SMILES string of the molecule is CC(C)CNCC(Cc1cncs1)Cc1ccccc1Cl. The summed E-state index contributed by atoms with van der Waals surface area (Å²) in [4.78, 5) is 5.53. The molecule has 0 fully saturated rings. The molecular formula is C17H23ClN2S. The van der Waals surface area contributed by atoms with E-state index in [9.17, 15) is 0 Å². The van der Waals surface area contributed by atoms with Gasteiger partial charge in [0.25, 0.3) is 0 Å². The smallest absolute Gasteiger partial charge is 0.0794 e. The molecule has 0 amide bonds. The van der Waals surface area contributed by atoms with E-state index >= 15 is 0 Å². The normalized spacial score (nSPS) is 12.8. The Bertz CT molecular complexity index is 525. The summed E-state index contributed by atoms with van der Waals surface area (Å²) >= 11 is 8.04. The van der Waals surface area contributed by atoms with E-state index < -0.39 is 0 Å². The van der Waals surface area contributed by atoms with Crippen LogP contribution in [0.3, 0.4) is 0 Å². The molecule has 4 heteroatoms. The highest BCUT2D eigenvalue weighted by atomic mass is 35.5. The Labute approximate surface area is 136 Å². The van der Waals surface area contributed by atoms with E-state index in [0.29, 0.717) is 11.8 Å². The summed E-state index contributed by atoms with van der Waals surface area (Å²) in [5.41, 5.74) is 3.14. The van der Waals surface area contributed by atoms with Gasteiger partial charge in [0.05, 0.1) is 5.51 Å².